The molecule has 0 radical (unpaired) electrons. The number of hydrogen-bond acceptors (Lipinski definition) is 5. The van der Waals surface area contributed by atoms with Crippen LogP contribution in [0.2, 0.25) is 0 Å². The van der Waals surface area contributed by atoms with E-state index < -0.39 is 0 Å². The van der Waals surface area contributed by atoms with Crippen molar-refractivity contribution in [2.75, 3.05) is 45.9 Å². The lowest BCUT2D eigenvalue weighted by Crippen LogP contribution is -2.49. The summed E-state index contributed by atoms with van der Waals surface area (Å²) in [5.74, 6) is 0.461. The molecule has 0 aromatic carbocycles. The van der Waals surface area contributed by atoms with E-state index in [2.05, 4.69) is 4.90 Å². The van der Waals surface area contributed by atoms with Crippen LogP contribution in [0.5, 0.6) is 0 Å². The van der Waals surface area contributed by atoms with Gasteiger partial charge in [0.2, 0.25) is 11.8 Å². The Bertz CT molecular complexity index is 618. The summed E-state index contributed by atoms with van der Waals surface area (Å²) in [6.45, 7) is 5.42. The van der Waals surface area contributed by atoms with E-state index in [4.69, 9.17) is 9.15 Å². The molecule has 1 aromatic heterocycles. The van der Waals surface area contributed by atoms with E-state index in [1.807, 2.05) is 11.0 Å². The van der Waals surface area contributed by atoms with Crippen molar-refractivity contribution in [3.05, 3.63) is 24.2 Å². The van der Waals surface area contributed by atoms with Gasteiger partial charge in [0.25, 0.3) is 0 Å². The zero-order valence-electron chi connectivity index (χ0n) is 14.4. The molecule has 0 saturated carbocycles. The Morgan fingerprint density at radius 2 is 2.16 bits per heavy atom. The third-order valence-electron chi connectivity index (χ3n) is 5.35. The number of amides is 2. The summed E-state index contributed by atoms with van der Waals surface area (Å²) < 4.78 is 11.0. The molecule has 3 fully saturated rings. The molecule has 3 saturated heterocycles. The van der Waals surface area contributed by atoms with Gasteiger partial charge in [-0.15, -0.1) is 0 Å². The second-order valence-corrected chi connectivity index (χ2v) is 7.35. The molecule has 0 spiro atoms. The maximum absolute atomic E-state index is 12.9. The van der Waals surface area contributed by atoms with Crippen LogP contribution in [0, 0.1) is 5.92 Å². The van der Waals surface area contributed by atoms with Crippen LogP contribution in [-0.2, 0) is 20.9 Å². The lowest BCUT2D eigenvalue weighted by molar-refractivity contribution is -0.140. The van der Waals surface area contributed by atoms with E-state index in [0.29, 0.717) is 38.6 Å². The summed E-state index contributed by atoms with van der Waals surface area (Å²) in [6.07, 6.45) is 4.90. The first-order valence-electron chi connectivity index (χ1n) is 9.07. The fraction of sp³-hybridized carbons (Fsp3) is 0.667. The normalized spacial score (nSPS) is 27.6. The molecule has 25 heavy (non-hydrogen) atoms. The van der Waals surface area contributed by atoms with E-state index in [1.54, 1.807) is 17.4 Å². The number of carbonyl (C=O) groups is 2. The van der Waals surface area contributed by atoms with Gasteiger partial charge < -0.3 is 19.0 Å². The number of likely N-dealkylation sites (tertiary alicyclic amines) is 1. The summed E-state index contributed by atoms with van der Waals surface area (Å²) in [5.41, 5.74) is 1.15. The maximum Gasteiger partial charge on any atom is 0.242 e. The molecule has 1 aromatic rings. The second-order valence-electron chi connectivity index (χ2n) is 7.35. The Hall–Kier alpha value is -1.86. The van der Waals surface area contributed by atoms with Crippen molar-refractivity contribution in [2.45, 2.75) is 25.4 Å². The lowest BCUT2D eigenvalue weighted by Gasteiger charge is -2.32. The monoisotopic (exact) mass is 347 g/mol. The first-order valence-corrected chi connectivity index (χ1v) is 9.07. The van der Waals surface area contributed by atoms with Gasteiger partial charge in [-0.1, -0.05) is 0 Å². The zero-order chi connectivity index (χ0) is 17.2. The van der Waals surface area contributed by atoms with Gasteiger partial charge in [0.1, 0.15) is 0 Å². The van der Waals surface area contributed by atoms with E-state index in [9.17, 15) is 9.59 Å². The largest absolute Gasteiger partial charge is 0.472 e. The molecule has 136 valence electrons. The van der Waals surface area contributed by atoms with Crippen molar-refractivity contribution >= 4 is 11.8 Å². The Morgan fingerprint density at radius 3 is 2.92 bits per heavy atom. The number of nitrogens with zero attached hydrogens (tertiary/aromatic N) is 3. The molecule has 4 heterocycles. The van der Waals surface area contributed by atoms with Crippen molar-refractivity contribution in [1.82, 2.24) is 14.7 Å². The van der Waals surface area contributed by atoms with Gasteiger partial charge in [-0.2, -0.15) is 0 Å². The Labute approximate surface area is 147 Å². The zero-order valence-corrected chi connectivity index (χ0v) is 14.4. The quantitative estimate of drug-likeness (QED) is 0.796. The second kappa shape index (κ2) is 7.17. The molecular formula is C18H25N3O4. The number of carbonyl (C=O) groups excluding carboxylic acids is 2. The topological polar surface area (TPSA) is 66.2 Å². The van der Waals surface area contributed by atoms with E-state index >= 15 is 0 Å². The predicted octanol–water partition coefficient (Wildman–Crippen LogP) is 0.561. The van der Waals surface area contributed by atoms with Crippen molar-refractivity contribution in [1.29, 1.82) is 0 Å². The third kappa shape index (κ3) is 3.72. The van der Waals surface area contributed by atoms with Crippen LogP contribution in [0.15, 0.2) is 23.0 Å². The molecule has 0 aliphatic carbocycles. The van der Waals surface area contributed by atoms with E-state index in [0.717, 1.165) is 31.6 Å². The SMILES string of the molecule is O=C1CCCN1CC(=O)N1C[C@H]2COC[C@@H]1CN(Cc1ccoc1)C2. The number of ether oxygens (including phenoxy) is 1. The minimum absolute atomic E-state index is 0.0459. The smallest absolute Gasteiger partial charge is 0.242 e. The van der Waals surface area contributed by atoms with Crippen molar-refractivity contribution < 1.29 is 18.7 Å². The van der Waals surface area contributed by atoms with Gasteiger partial charge in [0.05, 0.1) is 38.3 Å². The van der Waals surface area contributed by atoms with Gasteiger partial charge in [0, 0.05) is 50.6 Å². The van der Waals surface area contributed by atoms with Crippen molar-refractivity contribution in [2.24, 2.45) is 5.92 Å². The highest BCUT2D eigenvalue weighted by Crippen LogP contribution is 2.22. The molecule has 2 amide bonds. The highest BCUT2D eigenvalue weighted by atomic mass is 16.5. The fourth-order valence-electron chi connectivity index (χ4n) is 4.14. The van der Waals surface area contributed by atoms with Gasteiger partial charge in [-0.25, -0.2) is 0 Å². The van der Waals surface area contributed by atoms with E-state index in [-0.39, 0.29) is 24.4 Å². The summed E-state index contributed by atoms with van der Waals surface area (Å²) in [7, 11) is 0. The molecule has 4 rings (SSSR count). The molecule has 2 atom stereocenters. The summed E-state index contributed by atoms with van der Waals surface area (Å²) in [6, 6.07) is 2.03. The number of furan rings is 1. The van der Waals surface area contributed by atoms with Crippen LogP contribution in [0.3, 0.4) is 0 Å². The molecule has 7 heteroatoms. The number of fused-ring (bicyclic) bond motifs is 3. The summed E-state index contributed by atoms with van der Waals surface area (Å²) in [4.78, 5) is 30.7. The van der Waals surface area contributed by atoms with Gasteiger partial charge in [-0.05, 0) is 12.5 Å². The first kappa shape index (κ1) is 16.6. The van der Waals surface area contributed by atoms with Gasteiger partial charge in [0.15, 0.2) is 0 Å². The average Bonchev–Trinajstić information content (AvgIpc) is 3.12. The maximum atomic E-state index is 12.9. The van der Waals surface area contributed by atoms with Gasteiger partial charge >= 0.3 is 0 Å². The molecular weight excluding hydrogens is 322 g/mol. The molecule has 2 bridgehead atoms. The minimum atomic E-state index is 0.0459. The van der Waals surface area contributed by atoms with Crippen LogP contribution in [0.25, 0.3) is 0 Å². The van der Waals surface area contributed by atoms with Crippen LogP contribution in [0.4, 0.5) is 0 Å². The van der Waals surface area contributed by atoms with E-state index in [1.165, 1.54) is 0 Å². The number of hydrogen-bond donors (Lipinski definition) is 0. The molecule has 3 aliphatic heterocycles. The summed E-state index contributed by atoms with van der Waals surface area (Å²) >= 11 is 0. The standard InChI is InChI=1S/C18H25N3O4/c22-17-2-1-4-20(17)10-18(23)21-8-15-7-19(6-14-3-5-24-11-14)9-16(21)13-25-12-15/h3,5,11,15-16H,1-2,4,6-10,12-13H2/t15-,16-/m0/s1. The lowest BCUT2D eigenvalue weighted by atomic mass is 10.1. The fourth-order valence-corrected chi connectivity index (χ4v) is 4.14. The molecule has 0 unspecified atom stereocenters. The van der Waals surface area contributed by atoms with Gasteiger partial charge in [-0.3, -0.25) is 14.5 Å². The minimum Gasteiger partial charge on any atom is -0.472 e. The van der Waals surface area contributed by atoms with Crippen LogP contribution >= 0.6 is 0 Å². The van der Waals surface area contributed by atoms with Crippen LogP contribution < -0.4 is 0 Å². The average molecular weight is 347 g/mol. The predicted molar refractivity (Wildman–Crippen MR) is 89.6 cm³/mol. The van der Waals surface area contributed by atoms with Crippen LogP contribution in [0.1, 0.15) is 18.4 Å². The molecule has 3 aliphatic rings. The third-order valence-corrected chi connectivity index (χ3v) is 5.35. The Kier molecular flexibility index (Phi) is 4.76. The summed E-state index contributed by atoms with van der Waals surface area (Å²) in [5, 5.41) is 0. The first-order chi connectivity index (χ1) is 12.2. The van der Waals surface area contributed by atoms with Crippen molar-refractivity contribution in [3.8, 4) is 0 Å². The highest BCUT2D eigenvalue weighted by Gasteiger charge is 2.37. The van der Waals surface area contributed by atoms with Crippen molar-refractivity contribution in [3.63, 3.8) is 0 Å². The molecule has 0 N–H and O–H groups in total. The van der Waals surface area contributed by atoms with Crippen LogP contribution in [-0.4, -0.2) is 78.5 Å². The Morgan fingerprint density at radius 1 is 1.24 bits per heavy atom. The molecule has 7 nitrogen and oxygen atoms in total. The Balaban J connectivity index is 1.44. The highest BCUT2D eigenvalue weighted by molar-refractivity contribution is 5.86. The number of rotatable bonds is 4.